The second-order valence-electron chi connectivity index (χ2n) is 7.11. The largest absolute Gasteiger partial charge is 0.430 e. The van der Waals surface area contributed by atoms with E-state index in [1.807, 2.05) is 0 Å². The Balaban J connectivity index is 2.15. The van der Waals surface area contributed by atoms with E-state index < -0.39 is 28.3 Å². The highest BCUT2D eigenvalue weighted by Gasteiger charge is 2.32. The van der Waals surface area contributed by atoms with Crippen LogP contribution < -0.4 is 5.73 Å². The van der Waals surface area contributed by atoms with Gasteiger partial charge < -0.3 is 10.8 Å². The predicted octanol–water partition coefficient (Wildman–Crippen LogP) is 6.14. The van der Waals surface area contributed by atoms with E-state index in [-0.39, 0.29) is 26.9 Å². The van der Waals surface area contributed by atoms with Gasteiger partial charge in [0.15, 0.2) is 9.84 Å². The first kappa shape index (κ1) is 26.2. The molecule has 5 nitrogen and oxygen atoms in total. The van der Waals surface area contributed by atoms with E-state index in [2.05, 4.69) is 4.99 Å². The highest BCUT2D eigenvalue weighted by molar-refractivity contribution is 7.90. The monoisotopic (exact) mass is 548 g/mol. The van der Waals surface area contributed by atoms with Crippen LogP contribution in [0.4, 0.5) is 18.9 Å². The third kappa shape index (κ3) is 6.19. The van der Waals surface area contributed by atoms with E-state index in [1.165, 1.54) is 36.4 Å². The van der Waals surface area contributed by atoms with Gasteiger partial charge in [-0.25, -0.2) is 13.4 Å². The number of hydrogen-bond donors (Lipinski definition) is 2. The van der Waals surface area contributed by atoms with Crippen LogP contribution >= 0.6 is 34.5 Å². The summed E-state index contributed by atoms with van der Waals surface area (Å²) in [7, 11) is -3.62. The molecule has 0 aliphatic heterocycles. The smallest absolute Gasteiger partial charge is 0.395 e. The summed E-state index contributed by atoms with van der Waals surface area (Å²) in [6.45, 7) is -0.461. The fourth-order valence-corrected chi connectivity index (χ4v) is 5.14. The lowest BCUT2D eigenvalue weighted by atomic mass is 10.1. The summed E-state index contributed by atoms with van der Waals surface area (Å²) in [6, 6.07) is 12.0. The Bertz CT molecular complexity index is 1400. The number of thiophene rings is 1. The molecule has 0 spiro atoms. The third-order valence-corrected chi connectivity index (χ3v) is 7.44. The molecule has 0 bridgehead atoms. The maximum atomic E-state index is 13.1. The normalized spacial score (nSPS) is 13.4. The maximum Gasteiger partial charge on any atom is 0.430 e. The molecule has 34 heavy (non-hydrogen) atoms. The van der Waals surface area contributed by atoms with Gasteiger partial charge in [0, 0.05) is 16.2 Å². The van der Waals surface area contributed by atoms with Crippen molar-refractivity contribution in [3.63, 3.8) is 0 Å². The molecule has 3 N–H and O–H groups in total. The zero-order valence-electron chi connectivity index (χ0n) is 17.4. The van der Waals surface area contributed by atoms with Gasteiger partial charge in [-0.3, -0.25) is 0 Å². The lowest BCUT2D eigenvalue weighted by molar-refractivity contribution is -0.0925. The van der Waals surface area contributed by atoms with E-state index in [1.54, 1.807) is 12.1 Å². The SMILES string of the molecule is CS(=O)(=O)c1cc(-c2ccc(C(C=C(N)C(F)(F)F)=Nc3cc(Cl)ccc3Cl)s2)ccc1CO. The van der Waals surface area contributed by atoms with E-state index in [4.69, 9.17) is 28.9 Å². The van der Waals surface area contributed by atoms with Crippen LogP contribution in [0.5, 0.6) is 0 Å². The average molecular weight is 549 g/mol. The summed E-state index contributed by atoms with van der Waals surface area (Å²) < 4.78 is 63.6. The van der Waals surface area contributed by atoms with Gasteiger partial charge in [0.05, 0.1) is 32.8 Å². The third-order valence-electron chi connectivity index (χ3n) is 4.55. The van der Waals surface area contributed by atoms with Gasteiger partial charge in [-0.2, -0.15) is 13.2 Å². The quantitative estimate of drug-likeness (QED) is 0.361. The number of nitrogens with two attached hydrogens (primary N) is 1. The van der Waals surface area contributed by atoms with Crippen molar-refractivity contribution in [2.45, 2.75) is 17.7 Å². The van der Waals surface area contributed by atoms with Crippen LogP contribution in [-0.2, 0) is 16.4 Å². The van der Waals surface area contributed by atoms with Crippen LogP contribution in [0.1, 0.15) is 10.4 Å². The maximum absolute atomic E-state index is 13.1. The number of allylic oxidation sites excluding steroid dienone is 2. The summed E-state index contributed by atoms with van der Waals surface area (Å²) in [4.78, 5) is 5.11. The number of aliphatic imine (C=N–C) groups is 1. The van der Waals surface area contributed by atoms with Gasteiger partial charge >= 0.3 is 6.18 Å². The fourth-order valence-electron chi connectivity index (χ4n) is 2.90. The Kier molecular flexibility index (Phi) is 7.79. The Morgan fingerprint density at radius 2 is 1.85 bits per heavy atom. The van der Waals surface area contributed by atoms with Crippen LogP contribution in [0, 0.1) is 0 Å². The summed E-state index contributed by atoms with van der Waals surface area (Å²) in [5, 5.41) is 9.91. The van der Waals surface area contributed by atoms with Gasteiger partial charge in [-0.15, -0.1) is 11.3 Å². The van der Waals surface area contributed by atoms with Crippen molar-refractivity contribution in [1.29, 1.82) is 0 Å². The lowest BCUT2D eigenvalue weighted by Gasteiger charge is -2.08. The molecule has 0 atom stereocenters. The summed E-state index contributed by atoms with van der Waals surface area (Å²) in [5.41, 5.74) is 4.67. The Morgan fingerprint density at radius 1 is 1.15 bits per heavy atom. The van der Waals surface area contributed by atoms with Crippen LogP contribution in [0.3, 0.4) is 0 Å². The first-order valence-electron chi connectivity index (χ1n) is 9.42. The topological polar surface area (TPSA) is 92.8 Å². The van der Waals surface area contributed by atoms with Gasteiger partial charge in [0.2, 0.25) is 0 Å². The van der Waals surface area contributed by atoms with E-state index in [0.29, 0.717) is 26.4 Å². The second kappa shape index (κ2) is 10.1. The van der Waals surface area contributed by atoms with E-state index >= 15 is 0 Å². The molecule has 12 heteroatoms. The molecule has 1 heterocycles. The average Bonchev–Trinajstić information content (AvgIpc) is 3.24. The van der Waals surface area contributed by atoms with Gasteiger partial charge in [-0.1, -0.05) is 35.3 Å². The Labute approximate surface area is 207 Å². The number of sulfone groups is 1. The molecule has 0 radical (unpaired) electrons. The van der Waals surface area contributed by atoms with Crippen molar-refractivity contribution in [2.24, 2.45) is 10.7 Å². The number of nitrogens with zero attached hydrogens (tertiary/aromatic N) is 1. The Hall–Kier alpha value is -2.37. The first-order chi connectivity index (χ1) is 15.8. The van der Waals surface area contributed by atoms with Crippen molar-refractivity contribution < 1.29 is 26.7 Å². The minimum Gasteiger partial charge on any atom is -0.395 e. The molecule has 0 amide bonds. The minimum absolute atomic E-state index is 0.0386. The number of aliphatic hydroxyl groups excluding tert-OH is 1. The van der Waals surface area contributed by atoms with Crippen molar-refractivity contribution in [1.82, 2.24) is 0 Å². The molecule has 0 saturated heterocycles. The standard InChI is InChI=1S/C22H17Cl2F3N2O3S2/c1-34(31,32)20-8-12(2-3-13(20)11-30)18-6-7-19(33-18)17(10-21(28)22(25,26)27)29-16-9-14(23)4-5-15(16)24/h2-10,30H,11,28H2,1H3. The fraction of sp³-hybridized carbons (Fsp3) is 0.136. The van der Waals surface area contributed by atoms with Gasteiger partial charge in [-0.05, 0) is 53.6 Å². The number of alkyl halides is 3. The van der Waals surface area contributed by atoms with E-state index in [0.717, 1.165) is 17.6 Å². The van der Waals surface area contributed by atoms with Crippen LogP contribution in [0.15, 0.2) is 70.2 Å². The van der Waals surface area contributed by atoms with E-state index in [9.17, 15) is 26.7 Å². The molecule has 1 aromatic heterocycles. The molecule has 180 valence electrons. The molecule has 0 saturated carbocycles. The zero-order chi connectivity index (χ0) is 25.3. The van der Waals surface area contributed by atoms with Crippen molar-refractivity contribution >= 4 is 55.8 Å². The van der Waals surface area contributed by atoms with Crippen molar-refractivity contribution in [3.8, 4) is 10.4 Å². The molecule has 0 aliphatic carbocycles. The second-order valence-corrected chi connectivity index (χ2v) is 11.0. The van der Waals surface area contributed by atoms with Crippen LogP contribution in [0.2, 0.25) is 10.0 Å². The molecular weight excluding hydrogens is 532 g/mol. The molecule has 0 aliphatic rings. The predicted molar refractivity (Wildman–Crippen MR) is 130 cm³/mol. The first-order valence-corrected chi connectivity index (χ1v) is 12.9. The number of benzene rings is 2. The number of rotatable bonds is 6. The van der Waals surface area contributed by atoms with Crippen molar-refractivity contribution in [2.75, 3.05) is 6.26 Å². The zero-order valence-corrected chi connectivity index (χ0v) is 20.5. The lowest BCUT2D eigenvalue weighted by Crippen LogP contribution is -2.20. The number of halogens is 5. The molecule has 3 rings (SSSR count). The molecule has 2 aromatic carbocycles. The summed E-state index contributed by atoms with van der Waals surface area (Å²) in [6.07, 6.45) is -3.05. The van der Waals surface area contributed by atoms with Crippen molar-refractivity contribution in [3.05, 3.63) is 80.8 Å². The van der Waals surface area contributed by atoms with Gasteiger partial charge in [0.1, 0.15) is 5.70 Å². The Morgan fingerprint density at radius 3 is 2.47 bits per heavy atom. The van der Waals surface area contributed by atoms with Gasteiger partial charge in [0.25, 0.3) is 0 Å². The van der Waals surface area contributed by atoms with Crippen LogP contribution in [-0.4, -0.2) is 31.7 Å². The number of aliphatic hydroxyl groups is 1. The summed E-state index contributed by atoms with van der Waals surface area (Å²) in [5.74, 6) is 0. The summed E-state index contributed by atoms with van der Waals surface area (Å²) >= 11 is 13.2. The number of hydrogen-bond acceptors (Lipinski definition) is 6. The minimum atomic E-state index is -4.77. The highest BCUT2D eigenvalue weighted by Crippen LogP contribution is 2.34. The molecular formula is C22H17Cl2F3N2O3S2. The highest BCUT2D eigenvalue weighted by atomic mass is 35.5. The molecule has 3 aromatic rings. The van der Waals surface area contributed by atoms with Crippen LogP contribution in [0.25, 0.3) is 10.4 Å². The molecule has 0 fully saturated rings. The molecule has 0 unspecified atom stereocenters.